The highest BCUT2D eigenvalue weighted by molar-refractivity contribution is 9.10. The average molecular weight is 830 g/mol. The molecule has 4 aromatic heterocycles. The molecule has 4 aromatic rings. The van der Waals surface area contributed by atoms with Gasteiger partial charge >= 0.3 is 0 Å². The number of fused-ring (bicyclic) bond motifs is 3. The van der Waals surface area contributed by atoms with Crippen molar-refractivity contribution >= 4 is 78.2 Å². The number of hydrogen-bond donors (Lipinski definition) is 4. The van der Waals surface area contributed by atoms with Gasteiger partial charge < -0.3 is 26.5 Å². The Morgan fingerprint density at radius 3 is 2.38 bits per heavy atom. The van der Waals surface area contributed by atoms with Crippen LogP contribution in [-0.2, 0) is 5.66 Å². The fraction of sp³-hybridized carbons (Fsp3) is 0.400. The number of primary amides is 1. The highest BCUT2D eigenvalue weighted by Gasteiger charge is 2.46. The third-order valence-electron chi connectivity index (χ3n) is 8.40. The van der Waals surface area contributed by atoms with Crippen LogP contribution in [0.15, 0.2) is 43.2 Å². The number of anilines is 1. The van der Waals surface area contributed by atoms with Crippen molar-refractivity contribution in [2.24, 2.45) is 5.73 Å². The van der Waals surface area contributed by atoms with Crippen molar-refractivity contribution in [2.45, 2.75) is 51.1 Å². The zero-order chi connectivity index (χ0) is 34.7. The lowest BCUT2D eigenvalue weighted by Gasteiger charge is -2.26. The minimum atomic E-state index is -0.760. The number of halogens is 4. The molecule has 1 aliphatic carbocycles. The second kappa shape index (κ2) is 15.0. The van der Waals surface area contributed by atoms with Crippen LogP contribution in [-0.4, -0.2) is 67.1 Å². The topological polar surface area (TPSA) is 196 Å². The van der Waals surface area contributed by atoms with Gasteiger partial charge in [-0.2, -0.15) is 5.10 Å². The normalized spacial score (nSPS) is 16.2. The Balaban J connectivity index is 0.000000145. The lowest BCUT2D eigenvalue weighted by molar-refractivity contribution is 0.0919. The van der Waals surface area contributed by atoms with Crippen LogP contribution in [0.4, 0.5) is 5.82 Å². The van der Waals surface area contributed by atoms with E-state index in [4.69, 9.17) is 39.4 Å². The number of aromatic nitrogens is 5. The molecule has 2 amide bonds. The van der Waals surface area contributed by atoms with Crippen molar-refractivity contribution in [2.75, 3.05) is 32.0 Å². The Morgan fingerprint density at radius 1 is 1.06 bits per heavy atom. The summed E-state index contributed by atoms with van der Waals surface area (Å²) in [5.74, 6) is 0.319. The first-order valence-electron chi connectivity index (χ1n) is 15.1. The van der Waals surface area contributed by atoms with Gasteiger partial charge in [-0.1, -0.05) is 23.2 Å². The number of nitrogens with one attached hydrogen (secondary N) is 2. The van der Waals surface area contributed by atoms with E-state index in [9.17, 15) is 19.2 Å². The molecule has 0 unspecified atom stereocenters. The predicted octanol–water partition coefficient (Wildman–Crippen LogP) is 4.22. The van der Waals surface area contributed by atoms with Crippen molar-refractivity contribution in [3.8, 4) is 5.75 Å². The smallest absolute Gasteiger partial charge is 0.271 e. The number of likely N-dealkylation sites (tertiary alicyclic amines) is 1. The number of carbonyl (C=O) groups is 2. The van der Waals surface area contributed by atoms with E-state index in [1.807, 2.05) is 13.1 Å². The molecule has 48 heavy (non-hydrogen) atoms. The van der Waals surface area contributed by atoms with Crippen molar-refractivity contribution in [1.82, 2.24) is 34.4 Å². The van der Waals surface area contributed by atoms with Crippen LogP contribution in [0, 0.1) is 6.92 Å². The van der Waals surface area contributed by atoms with Crippen LogP contribution >= 0.6 is 55.1 Å². The van der Waals surface area contributed by atoms with Crippen LogP contribution in [0.3, 0.4) is 0 Å². The van der Waals surface area contributed by atoms with E-state index in [0.29, 0.717) is 27.6 Å². The molecule has 256 valence electrons. The number of amides is 2. The van der Waals surface area contributed by atoms with Crippen LogP contribution in [0.1, 0.15) is 65.1 Å². The lowest BCUT2D eigenvalue weighted by atomic mass is 10.1. The van der Waals surface area contributed by atoms with E-state index in [2.05, 4.69) is 57.1 Å². The molecule has 0 aromatic carbocycles. The Morgan fingerprint density at radius 2 is 1.73 bits per heavy atom. The first-order chi connectivity index (χ1) is 22.8. The van der Waals surface area contributed by atoms with Crippen LogP contribution in [0.5, 0.6) is 5.75 Å². The van der Waals surface area contributed by atoms with E-state index < -0.39 is 17.1 Å². The van der Waals surface area contributed by atoms with Crippen molar-refractivity contribution in [3.63, 3.8) is 0 Å². The average Bonchev–Trinajstić information content (AvgIpc) is 3.83. The van der Waals surface area contributed by atoms with Gasteiger partial charge in [0, 0.05) is 12.1 Å². The number of carbonyl (C=O) groups excluding carboxylic acids is 2. The summed E-state index contributed by atoms with van der Waals surface area (Å²) in [6, 6.07) is 2.81. The number of nitrogen functional groups attached to an aromatic ring is 1. The fourth-order valence-electron chi connectivity index (χ4n) is 6.07. The molecule has 2 fully saturated rings. The van der Waals surface area contributed by atoms with E-state index in [1.165, 1.54) is 49.0 Å². The van der Waals surface area contributed by atoms with E-state index >= 15 is 0 Å². The molecule has 6 heterocycles. The Labute approximate surface area is 301 Å². The SMILES string of the molecule is Cc1c(OCCN2CCCC2)cn2ncnc(N)c12.NC(=O)c1[nH]c(=O)c(Br)cc1Cl.O=C1NC2(CCCC2)n2c1c(Cl)cc(Br)c2=O. The molecule has 2 aliphatic heterocycles. The standard InChI is InChI=1S/C13H19N5O.C11H10BrClN2O2.C6H4BrClN2O2/c1-10-11(19-7-6-17-4-2-3-5-17)8-18-12(10)13(14)15-9-16-18;12-6-5-7(13)8-9(16)14-11(3-1-2-4-11)15(8)10(6)17;7-2-1-3(8)4(5(9)11)10-6(2)12/h8-9H,2-7H2,1H3,(H2,14,15,16);5H,1-4H2,(H,14,16);1H,(H2,9,11)(H,10,12). The zero-order valence-electron chi connectivity index (χ0n) is 25.8. The lowest BCUT2D eigenvalue weighted by Crippen LogP contribution is -2.45. The van der Waals surface area contributed by atoms with Gasteiger partial charge in [0.25, 0.3) is 22.9 Å². The summed E-state index contributed by atoms with van der Waals surface area (Å²) >= 11 is 17.8. The summed E-state index contributed by atoms with van der Waals surface area (Å²) in [5.41, 5.74) is 11.7. The molecule has 1 saturated heterocycles. The highest BCUT2D eigenvalue weighted by atomic mass is 79.9. The second-order valence-corrected chi connectivity index (χ2v) is 14.0. The molecule has 0 radical (unpaired) electrons. The molecular formula is C30H33Br2Cl2N9O5. The number of hydrogen-bond acceptors (Lipinski definition) is 9. The fourth-order valence-corrected chi connectivity index (χ4v) is 7.60. The number of aryl methyl sites for hydroxylation is 1. The van der Waals surface area contributed by atoms with Crippen molar-refractivity contribution in [3.05, 3.63) is 81.3 Å². The molecular weight excluding hydrogens is 797 g/mol. The second-order valence-electron chi connectivity index (χ2n) is 11.5. The maximum atomic E-state index is 12.2. The van der Waals surface area contributed by atoms with Crippen molar-refractivity contribution in [1.29, 1.82) is 0 Å². The van der Waals surface area contributed by atoms with Gasteiger partial charge in [-0.05, 0) is 103 Å². The van der Waals surface area contributed by atoms with E-state index in [-0.39, 0.29) is 26.7 Å². The summed E-state index contributed by atoms with van der Waals surface area (Å²) in [6.07, 6.45) is 9.54. The number of nitrogens with two attached hydrogens (primary N) is 2. The molecule has 14 nitrogen and oxygen atoms in total. The monoisotopic (exact) mass is 827 g/mol. The zero-order valence-corrected chi connectivity index (χ0v) is 30.5. The Bertz CT molecular complexity index is 1990. The van der Waals surface area contributed by atoms with Crippen LogP contribution in [0.25, 0.3) is 5.52 Å². The number of ether oxygens (including phenoxy) is 1. The molecule has 6 N–H and O–H groups in total. The number of rotatable bonds is 5. The molecule has 3 aliphatic rings. The Kier molecular flexibility index (Phi) is 11.2. The van der Waals surface area contributed by atoms with Gasteiger partial charge in [-0.15, -0.1) is 0 Å². The summed E-state index contributed by atoms with van der Waals surface area (Å²) in [7, 11) is 0. The number of pyridine rings is 2. The summed E-state index contributed by atoms with van der Waals surface area (Å²) < 4.78 is 9.77. The van der Waals surface area contributed by atoms with Gasteiger partial charge in [-0.3, -0.25) is 28.6 Å². The third-order valence-corrected chi connectivity index (χ3v) is 10.1. The van der Waals surface area contributed by atoms with E-state index in [0.717, 1.165) is 49.1 Å². The number of nitrogens with zero attached hydrogens (tertiary/aromatic N) is 5. The van der Waals surface area contributed by atoms with Crippen LogP contribution < -0.4 is 32.6 Å². The molecule has 1 saturated carbocycles. The molecule has 7 rings (SSSR count). The summed E-state index contributed by atoms with van der Waals surface area (Å²) in [5, 5.41) is 7.50. The van der Waals surface area contributed by atoms with Crippen molar-refractivity contribution < 1.29 is 14.3 Å². The Hall–Kier alpha value is -3.44. The van der Waals surface area contributed by atoms with Gasteiger partial charge in [0.15, 0.2) is 5.82 Å². The number of H-pyrrole nitrogens is 1. The van der Waals surface area contributed by atoms with Crippen LogP contribution in [0.2, 0.25) is 10.0 Å². The maximum Gasteiger partial charge on any atom is 0.271 e. The summed E-state index contributed by atoms with van der Waals surface area (Å²) in [4.78, 5) is 54.4. The van der Waals surface area contributed by atoms with Gasteiger partial charge in [0.2, 0.25) is 0 Å². The molecule has 0 bridgehead atoms. The minimum Gasteiger partial charge on any atom is -0.490 e. The third kappa shape index (κ3) is 7.42. The van der Waals surface area contributed by atoms with Gasteiger partial charge in [0.05, 0.1) is 25.2 Å². The molecule has 18 heteroatoms. The van der Waals surface area contributed by atoms with Gasteiger partial charge in [-0.25, -0.2) is 9.50 Å². The van der Waals surface area contributed by atoms with E-state index in [1.54, 1.807) is 4.52 Å². The quantitative estimate of drug-likeness (QED) is 0.228. The molecule has 1 spiro atoms. The highest BCUT2D eigenvalue weighted by Crippen LogP contribution is 2.39. The first kappa shape index (κ1) is 35.9. The predicted molar refractivity (Wildman–Crippen MR) is 189 cm³/mol. The molecule has 0 atom stereocenters. The largest absolute Gasteiger partial charge is 0.490 e. The van der Waals surface area contributed by atoms with Gasteiger partial charge in [0.1, 0.15) is 41.3 Å². The number of aromatic amines is 1. The minimum absolute atomic E-state index is 0.0788. The summed E-state index contributed by atoms with van der Waals surface area (Å²) in [6.45, 7) is 6.05. The first-order valence-corrected chi connectivity index (χ1v) is 17.4. The maximum absolute atomic E-state index is 12.2.